The first kappa shape index (κ1) is 13.3. The van der Waals surface area contributed by atoms with Crippen LogP contribution in [0.1, 0.15) is 32.1 Å². The second-order valence-electron chi connectivity index (χ2n) is 5.35. The van der Waals surface area contributed by atoms with Crippen LogP contribution < -0.4 is 5.73 Å². The van der Waals surface area contributed by atoms with Crippen LogP contribution >= 0.6 is 0 Å². The molecule has 4 N–H and O–H groups in total. The van der Waals surface area contributed by atoms with Crippen molar-refractivity contribution in [2.45, 2.75) is 50.3 Å². The van der Waals surface area contributed by atoms with Gasteiger partial charge in [-0.05, 0) is 25.7 Å². The number of hydrogen-bond donors (Lipinski definition) is 3. The molecule has 0 aromatic rings. The predicted octanol–water partition coefficient (Wildman–Crippen LogP) is -0.450. The first-order chi connectivity index (χ1) is 8.49. The summed E-state index contributed by atoms with van der Waals surface area (Å²) < 4.78 is 0. The number of aliphatic hydroxyl groups excluding tert-OH is 1. The van der Waals surface area contributed by atoms with Crippen molar-refractivity contribution in [3.63, 3.8) is 0 Å². The summed E-state index contributed by atoms with van der Waals surface area (Å²) in [5, 5.41) is 18.6. The zero-order valence-electron chi connectivity index (χ0n) is 10.3. The number of hydrogen-bond acceptors (Lipinski definition) is 4. The van der Waals surface area contributed by atoms with Crippen LogP contribution in [0.25, 0.3) is 0 Å². The average molecular weight is 256 g/mol. The molecule has 1 aliphatic heterocycles. The number of rotatable bonds is 2. The largest absolute Gasteiger partial charge is 0.480 e. The highest BCUT2D eigenvalue weighted by atomic mass is 16.4. The minimum Gasteiger partial charge on any atom is -0.480 e. The molecule has 0 aromatic heterocycles. The summed E-state index contributed by atoms with van der Waals surface area (Å²) >= 11 is 0. The van der Waals surface area contributed by atoms with E-state index in [1.807, 2.05) is 0 Å². The van der Waals surface area contributed by atoms with Gasteiger partial charge in [0.1, 0.15) is 6.04 Å². The number of carbonyl (C=O) groups is 2. The Kier molecular flexibility index (Phi) is 3.87. The Morgan fingerprint density at radius 3 is 2.33 bits per heavy atom. The van der Waals surface area contributed by atoms with Crippen molar-refractivity contribution in [3.05, 3.63) is 0 Å². The van der Waals surface area contributed by atoms with Gasteiger partial charge in [-0.15, -0.1) is 0 Å². The van der Waals surface area contributed by atoms with Crippen LogP contribution in [0.3, 0.4) is 0 Å². The molecule has 102 valence electrons. The third-order valence-electron chi connectivity index (χ3n) is 3.97. The van der Waals surface area contributed by atoms with Crippen molar-refractivity contribution >= 4 is 11.9 Å². The number of nitrogens with two attached hydrogens (primary N) is 1. The van der Waals surface area contributed by atoms with E-state index < -0.39 is 18.1 Å². The van der Waals surface area contributed by atoms with Crippen LogP contribution in [0.5, 0.6) is 0 Å². The lowest BCUT2D eigenvalue weighted by Crippen LogP contribution is -2.45. The van der Waals surface area contributed by atoms with Crippen LogP contribution in [-0.4, -0.2) is 51.7 Å². The van der Waals surface area contributed by atoms with E-state index in [4.69, 9.17) is 10.8 Å². The maximum Gasteiger partial charge on any atom is 0.326 e. The van der Waals surface area contributed by atoms with E-state index in [0.717, 1.165) is 25.7 Å². The number of aliphatic hydroxyl groups is 1. The van der Waals surface area contributed by atoms with Gasteiger partial charge in [-0.25, -0.2) is 4.79 Å². The van der Waals surface area contributed by atoms with E-state index >= 15 is 0 Å². The molecule has 1 saturated carbocycles. The fourth-order valence-electron chi connectivity index (χ4n) is 2.89. The number of carbonyl (C=O) groups excluding carboxylic acids is 1. The Morgan fingerprint density at radius 1 is 1.17 bits per heavy atom. The molecule has 1 amide bonds. The fourth-order valence-corrected chi connectivity index (χ4v) is 2.89. The van der Waals surface area contributed by atoms with Gasteiger partial charge in [-0.3, -0.25) is 4.79 Å². The van der Waals surface area contributed by atoms with Crippen molar-refractivity contribution in [3.8, 4) is 0 Å². The van der Waals surface area contributed by atoms with Crippen molar-refractivity contribution < 1.29 is 19.8 Å². The number of β-amino-alcohol motifs (C(OH)–C–C–N with tert-alkyl or cyclic N) is 1. The topological polar surface area (TPSA) is 104 Å². The van der Waals surface area contributed by atoms with E-state index in [1.165, 1.54) is 4.90 Å². The number of likely N-dealkylation sites (tertiary alicyclic amines) is 1. The van der Waals surface area contributed by atoms with Crippen LogP contribution in [0.15, 0.2) is 0 Å². The Hall–Kier alpha value is -1.14. The molecule has 6 nitrogen and oxygen atoms in total. The molecule has 0 bridgehead atoms. The molecule has 0 radical (unpaired) electrons. The number of amides is 1. The third-order valence-corrected chi connectivity index (χ3v) is 3.97. The van der Waals surface area contributed by atoms with E-state index in [1.54, 1.807) is 0 Å². The molecule has 2 fully saturated rings. The van der Waals surface area contributed by atoms with Crippen LogP contribution in [0.2, 0.25) is 0 Å². The lowest BCUT2D eigenvalue weighted by molar-refractivity contribution is -0.150. The molecule has 6 heteroatoms. The van der Waals surface area contributed by atoms with Crippen LogP contribution in [0.4, 0.5) is 0 Å². The van der Waals surface area contributed by atoms with Crippen LogP contribution in [0, 0.1) is 5.92 Å². The highest BCUT2D eigenvalue weighted by Gasteiger charge is 2.41. The van der Waals surface area contributed by atoms with Gasteiger partial charge in [0.15, 0.2) is 0 Å². The lowest BCUT2D eigenvalue weighted by atomic mass is 9.85. The SMILES string of the molecule is NC1CCC(C(=O)N2CC(O)C[C@H]2C(=O)O)CC1. The summed E-state index contributed by atoms with van der Waals surface area (Å²) in [6.45, 7) is 0.137. The van der Waals surface area contributed by atoms with E-state index in [-0.39, 0.29) is 30.8 Å². The monoisotopic (exact) mass is 256 g/mol. The Labute approximate surface area is 106 Å². The molecule has 1 aliphatic carbocycles. The number of aliphatic carboxylic acids is 1. The van der Waals surface area contributed by atoms with Gasteiger partial charge in [0, 0.05) is 24.9 Å². The molecule has 1 saturated heterocycles. The quantitative estimate of drug-likeness (QED) is 0.621. The summed E-state index contributed by atoms with van der Waals surface area (Å²) in [5.41, 5.74) is 5.79. The first-order valence-electron chi connectivity index (χ1n) is 6.46. The van der Waals surface area contributed by atoms with Crippen molar-refractivity contribution in [2.24, 2.45) is 11.7 Å². The maximum atomic E-state index is 12.3. The van der Waals surface area contributed by atoms with Gasteiger partial charge in [-0.2, -0.15) is 0 Å². The standard InChI is InChI=1S/C12H20N2O4/c13-8-3-1-7(2-4-8)11(16)14-6-9(15)5-10(14)12(17)18/h7-10,15H,1-6,13H2,(H,17,18)/t7?,8?,9?,10-/m0/s1. The van der Waals surface area contributed by atoms with E-state index in [2.05, 4.69) is 0 Å². The summed E-state index contributed by atoms with van der Waals surface area (Å²) in [7, 11) is 0. The van der Waals surface area contributed by atoms with Gasteiger partial charge >= 0.3 is 5.97 Å². The number of carboxylic acids is 1. The van der Waals surface area contributed by atoms with E-state index in [9.17, 15) is 14.7 Å². The minimum absolute atomic E-state index is 0.128. The normalized spacial score (nSPS) is 36.7. The molecular weight excluding hydrogens is 236 g/mol. The van der Waals surface area contributed by atoms with Gasteiger partial charge in [-0.1, -0.05) is 0 Å². The van der Waals surface area contributed by atoms with Crippen molar-refractivity contribution in [1.82, 2.24) is 4.90 Å². The summed E-state index contributed by atoms with van der Waals surface area (Å²) in [6.07, 6.45) is 2.47. The Balaban J connectivity index is 2.01. The molecule has 2 aliphatic rings. The summed E-state index contributed by atoms with van der Waals surface area (Å²) in [5.74, 6) is -1.30. The molecule has 1 unspecified atom stereocenters. The number of nitrogens with zero attached hydrogens (tertiary/aromatic N) is 1. The van der Waals surface area contributed by atoms with Gasteiger partial charge < -0.3 is 20.8 Å². The third kappa shape index (κ3) is 2.64. The molecule has 2 atom stereocenters. The zero-order valence-corrected chi connectivity index (χ0v) is 10.3. The van der Waals surface area contributed by atoms with Crippen molar-refractivity contribution in [2.75, 3.05) is 6.54 Å². The maximum absolute atomic E-state index is 12.3. The van der Waals surface area contributed by atoms with Gasteiger partial charge in [0.2, 0.25) is 5.91 Å². The molecule has 0 spiro atoms. The van der Waals surface area contributed by atoms with Crippen molar-refractivity contribution in [1.29, 1.82) is 0 Å². The second kappa shape index (κ2) is 5.24. The first-order valence-corrected chi connectivity index (χ1v) is 6.46. The second-order valence-corrected chi connectivity index (χ2v) is 5.35. The highest BCUT2D eigenvalue weighted by Crippen LogP contribution is 2.28. The molecule has 1 heterocycles. The zero-order chi connectivity index (χ0) is 13.3. The highest BCUT2D eigenvalue weighted by molar-refractivity contribution is 5.85. The Bertz CT molecular complexity index is 339. The molecule has 0 aromatic carbocycles. The fraction of sp³-hybridized carbons (Fsp3) is 0.833. The predicted molar refractivity (Wildman–Crippen MR) is 63.7 cm³/mol. The van der Waals surface area contributed by atoms with E-state index in [0.29, 0.717) is 0 Å². The minimum atomic E-state index is -1.03. The summed E-state index contributed by atoms with van der Waals surface area (Å²) in [4.78, 5) is 24.7. The smallest absolute Gasteiger partial charge is 0.326 e. The van der Waals surface area contributed by atoms with Crippen LogP contribution in [-0.2, 0) is 9.59 Å². The van der Waals surface area contributed by atoms with Gasteiger partial charge in [0.25, 0.3) is 0 Å². The Morgan fingerprint density at radius 2 is 1.78 bits per heavy atom. The van der Waals surface area contributed by atoms with Gasteiger partial charge in [0.05, 0.1) is 6.10 Å². The molecular formula is C12H20N2O4. The average Bonchev–Trinajstić information content (AvgIpc) is 2.71. The lowest BCUT2D eigenvalue weighted by Gasteiger charge is -2.30. The number of carboxylic acid groups (broad SMARTS) is 1. The molecule has 18 heavy (non-hydrogen) atoms. The summed E-state index contributed by atoms with van der Waals surface area (Å²) in [6, 6.07) is -0.711. The molecule has 2 rings (SSSR count).